The van der Waals surface area contributed by atoms with Gasteiger partial charge in [-0.15, -0.1) is 0 Å². The second-order valence-electron chi connectivity index (χ2n) is 6.53. The van der Waals surface area contributed by atoms with Crippen LogP contribution < -0.4 is 4.90 Å². The van der Waals surface area contributed by atoms with E-state index in [1.54, 1.807) is 6.20 Å². The van der Waals surface area contributed by atoms with E-state index >= 15 is 0 Å². The van der Waals surface area contributed by atoms with Gasteiger partial charge in [0.2, 0.25) is 5.91 Å². The summed E-state index contributed by atoms with van der Waals surface area (Å²) in [6.07, 6.45) is 3.45. The summed E-state index contributed by atoms with van der Waals surface area (Å²) in [5.74, 6) is 1.38. The number of piperidine rings is 1. The third-order valence-corrected chi connectivity index (χ3v) is 4.47. The molecule has 0 spiro atoms. The Morgan fingerprint density at radius 3 is 2.27 bits per heavy atom. The normalized spacial score (nSPS) is 16.4. The van der Waals surface area contributed by atoms with E-state index in [0.717, 1.165) is 31.7 Å². The molecule has 0 bridgehead atoms. The van der Waals surface area contributed by atoms with Gasteiger partial charge in [0.1, 0.15) is 5.82 Å². The Labute approximate surface area is 138 Å². The van der Waals surface area contributed by atoms with Crippen LogP contribution in [0.5, 0.6) is 0 Å². The van der Waals surface area contributed by atoms with Crippen molar-refractivity contribution in [2.24, 2.45) is 5.92 Å². The second kappa shape index (κ2) is 7.32. The topological polar surface area (TPSA) is 36.4 Å². The van der Waals surface area contributed by atoms with Crippen molar-refractivity contribution in [2.45, 2.75) is 52.6 Å². The Hall–Kier alpha value is -1.29. The molecule has 2 rings (SSSR count). The van der Waals surface area contributed by atoms with E-state index < -0.39 is 0 Å². The average molecular weight is 324 g/mol. The lowest BCUT2D eigenvalue weighted by molar-refractivity contribution is -0.139. The third-order valence-electron chi connectivity index (χ3n) is 4.25. The Kier molecular flexibility index (Phi) is 5.68. The number of carbonyl (C=O) groups is 1. The first-order valence-electron chi connectivity index (χ1n) is 8.08. The van der Waals surface area contributed by atoms with E-state index in [2.05, 4.69) is 37.6 Å². The second-order valence-corrected chi connectivity index (χ2v) is 6.97. The summed E-state index contributed by atoms with van der Waals surface area (Å²) < 4.78 is 0. The monoisotopic (exact) mass is 323 g/mol. The minimum atomic E-state index is 0.133. The highest BCUT2D eigenvalue weighted by atomic mass is 35.5. The Balaban J connectivity index is 1.96. The summed E-state index contributed by atoms with van der Waals surface area (Å²) in [4.78, 5) is 21.4. The van der Waals surface area contributed by atoms with Crippen LogP contribution in [0.15, 0.2) is 18.3 Å². The van der Waals surface area contributed by atoms with Gasteiger partial charge in [-0.2, -0.15) is 0 Å². The van der Waals surface area contributed by atoms with Crippen molar-refractivity contribution < 1.29 is 4.79 Å². The molecule has 0 N–H and O–H groups in total. The van der Waals surface area contributed by atoms with Gasteiger partial charge in [0.25, 0.3) is 0 Å². The minimum Gasteiger partial charge on any atom is -0.357 e. The molecule has 0 unspecified atom stereocenters. The van der Waals surface area contributed by atoms with E-state index in [9.17, 15) is 4.79 Å². The van der Waals surface area contributed by atoms with Crippen LogP contribution >= 0.6 is 11.6 Å². The Morgan fingerprint density at radius 1 is 1.23 bits per heavy atom. The maximum Gasteiger partial charge on any atom is 0.226 e. The highest BCUT2D eigenvalue weighted by Crippen LogP contribution is 2.25. The molecule has 0 radical (unpaired) electrons. The van der Waals surface area contributed by atoms with Crippen molar-refractivity contribution in [1.29, 1.82) is 0 Å². The van der Waals surface area contributed by atoms with Crippen LogP contribution in [0.2, 0.25) is 5.02 Å². The van der Waals surface area contributed by atoms with Crippen molar-refractivity contribution in [3.05, 3.63) is 23.4 Å². The van der Waals surface area contributed by atoms with Crippen molar-refractivity contribution in [3.63, 3.8) is 0 Å². The maximum atomic E-state index is 12.7. The molecule has 0 atom stereocenters. The molecular weight excluding hydrogens is 298 g/mol. The van der Waals surface area contributed by atoms with Gasteiger partial charge in [-0.05, 0) is 52.7 Å². The summed E-state index contributed by atoms with van der Waals surface area (Å²) in [5, 5.41) is 0.651. The summed E-state index contributed by atoms with van der Waals surface area (Å²) in [5.41, 5.74) is 0. The zero-order valence-corrected chi connectivity index (χ0v) is 14.7. The third kappa shape index (κ3) is 3.92. The van der Waals surface area contributed by atoms with Crippen LogP contribution in [0.25, 0.3) is 0 Å². The van der Waals surface area contributed by atoms with Crippen molar-refractivity contribution in [1.82, 2.24) is 9.88 Å². The predicted molar refractivity (Wildman–Crippen MR) is 91.3 cm³/mol. The van der Waals surface area contributed by atoms with Gasteiger partial charge < -0.3 is 9.80 Å². The number of carbonyl (C=O) groups excluding carboxylic acids is 1. The minimum absolute atomic E-state index is 0.133. The number of aromatic nitrogens is 1. The molecule has 1 aliphatic heterocycles. The SMILES string of the molecule is CC(C)N(C(=O)C1CCN(c2ccc(Cl)cn2)CC1)C(C)C. The molecule has 1 saturated heterocycles. The molecule has 1 aromatic heterocycles. The lowest BCUT2D eigenvalue weighted by Crippen LogP contribution is -2.48. The first-order chi connectivity index (χ1) is 10.4. The van der Waals surface area contributed by atoms with Gasteiger partial charge in [-0.25, -0.2) is 4.98 Å². The standard InChI is InChI=1S/C17H26ClN3O/c1-12(2)21(13(3)4)17(22)14-7-9-20(10-8-14)16-6-5-15(18)11-19-16/h5-6,11-14H,7-10H2,1-4H3. The quantitative estimate of drug-likeness (QED) is 0.849. The molecule has 1 aromatic rings. The fourth-order valence-electron chi connectivity index (χ4n) is 3.23. The van der Waals surface area contributed by atoms with Crippen LogP contribution in [0.1, 0.15) is 40.5 Å². The number of amides is 1. The van der Waals surface area contributed by atoms with Crippen molar-refractivity contribution in [3.8, 4) is 0 Å². The van der Waals surface area contributed by atoms with E-state index in [1.807, 2.05) is 17.0 Å². The molecular formula is C17H26ClN3O. The molecule has 1 fully saturated rings. The van der Waals surface area contributed by atoms with Gasteiger partial charge in [0.05, 0.1) is 5.02 Å². The summed E-state index contributed by atoms with van der Waals surface area (Å²) >= 11 is 5.88. The molecule has 0 aliphatic carbocycles. The van der Waals surface area contributed by atoms with Crippen molar-refractivity contribution >= 4 is 23.3 Å². The predicted octanol–water partition coefficient (Wildman–Crippen LogP) is 3.60. The lowest BCUT2D eigenvalue weighted by atomic mass is 9.94. The molecule has 1 amide bonds. The van der Waals surface area contributed by atoms with E-state index in [-0.39, 0.29) is 18.0 Å². The summed E-state index contributed by atoms with van der Waals surface area (Å²) in [6, 6.07) is 4.31. The lowest BCUT2D eigenvalue weighted by Gasteiger charge is -2.38. The zero-order valence-electron chi connectivity index (χ0n) is 13.9. The largest absolute Gasteiger partial charge is 0.357 e. The van der Waals surface area contributed by atoms with Crippen LogP contribution in [0.3, 0.4) is 0 Å². The van der Waals surface area contributed by atoms with E-state index in [0.29, 0.717) is 10.9 Å². The molecule has 22 heavy (non-hydrogen) atoms. The first kappa shape index (κ1) is 17.1. The highest BCUT2D eigenvalue weighted by molar-refractivity contribution is 6.30. The smallest absolute Gasteiger partial charge is 0.226 e. The van der Waals surface area contributed by atoms with Crippen LogP contribution in [0, 0.1) is 5.92 Å². The number of nitrogens with zero attached hydrogens (tertiary/aromatic N) is 3. The summed E-state index contributed by atoms with van der Waals surface area (Å²) in [6.45, 7) is 10.1. The zero-order chi connectivity index (χ0) is 16.3. The highest BCUT2D eigenvalue weighted by Gasteiger charge is 2.31. The number of pyridine rings is 1. The van der Waals surface area contributed by atoms with Gasteiger partial charge in [0.15, 0.2) is 0 Å². The average Bonchev–Trinajstić information content (AvgIpc) is 2.47. The van der Waals surface area contributed by atoms with Crippen LogP contribution in [-0.4, -0.2) is 41.0 Å². The Morgan fingerprint density at radius 2 is 1.82 bits per heavy atom. The van der Waals surface area contributed by atoms with E-state index in [4.69, 9.17) is 11.6 Å². The molecule has 0 saturated carbocycles. The van der Waals surface area contributed by atoms with Crippen molar-refractivity contribution in [2.75, 3.05) is 18.0 Å². The molecule has 2 heterocycles. The number of anilines is 1. The fraction of sp³-hybridized carbons (Fsp3) is 0.647. The fourth-order valence-corrected chi connectivity index (χ4v) is 3.34. The van der Waals surface area contributed by atoms with Gasteiger partial charge in [-0.1, -0.05) is 11.6 Å². The molecule has 4 nitrogen and oxygen atoms in total. The first-order valence-corrected chi connectivity index (χ1v) is 8.46. The number of hydrogen-bond acceptors (Lipinski definition) is 3. The van der Waals surface area contributed by atoms with Crippen LogP contribution in [-0.2, 0) is 4.79 Å². The number of rotatable bonds is 4. The number of hydrogen-bond donors (Lipinski definition) is 0. The van der Waals surface area contributed by atoms with E-state index in [1.165, 1.54) is 0 Å². The van der Waals surface area contributed by atoms with Gasteiger partial charge >= 0.3 is 0 Å². The van der Waals surface area contributed by atoms with Crippen LogP contribution in [0.4, 0.5) is 5.82 Å². The molecule has 122 valence electrons. The molecule has 0 aromatic carbocycles. The Bertz CT molecular complexity index is 485. The van der Waals surface area contributed by atoms with Gasteiger partial charge in [0, 0.05) is 37.3 Å². The number of halogens is 1. The summed E-state index contributed by atoms with van der Waals surface area (Å²) in [7, 11) is 0. The molecule has 5 heteroatoms. The van der Waals surface area contributed by atoms with Gasteiger partial charge in [-0.3, -0.25) is 4.79 Å². The maximum absolute atomic E-state index is 12.7. The molecule has 1 aliphatic rings.